The Balaban J connectivity index is 2.43. The molecule has 0 aliphatic rings. The van der Waals surface area contributed by atoms with Crippen LogP contribution in [0.4, 0.5) is 4.39 Å². The highest BCUT2D eigenvalue weighted by Crippen LogP contribution is 2.23. The number of nitrogens with zero attached hydrogens (tertiary/aromatic N) is 2. The van der Waals surface area contributed by atoms with Gasteiger partial charge < -0.3 is 0 Å². The maximum atomic E-state index is 13.4. The summed E-state index contributed by atoms with van der Waals surface area (Å²) in [5, 5.41) is 0.274. The predicted octanol–water partition coefficient (Wildman–Crippen LogP) is 3.98. The van der Waals surface area contributed by atoms with Gasteiger partial charge in [0, 0.05) is 0 Å². The monoisotopic (exact) mass is 346 g/mol. The van der Waals surface area contributed by atoms with Gasteiger partial charge in [0.15, 0.2) is 0 Å². The van der Waals surface area contributed by atoms with Gasteiger partial charge in [-0.1, -0.05) is 34.1 Å². The summed E-state index contributed by atoms with van der Waals surface area (Å²) in [6.07, 6.45) is 0. The minimum absolute atomic E-state index is 0.111. The number of benzene rings is 2. The minimum atomic E-state index is -0.444. The van der Waals surface area contributed by atoms with Gasteiger partial charge in [-0.2, -0.15) is 0 Å². The molecule has 0 aliphatic carbocycles. The van der Waals surface area contributed by atoms with Crippen LogP contribution in [-0.4, -0.2) is 9.55 Å². The van der Waals surface area contributed by atoms with Crippen LogP contribution in [0.3, 0.4) is 0 Å². The summed E-state index contributed by atoms with van der Waals surface area (Å²) < 4.78 is 14.9. The number of fused-ring (bicyclic) bond motifs is 1. The van der Waals surface area contributed by atoms with Crippen LogP contribution in [0.5, 0.6) is 0 Å². The molecule has 0 aliphatic heterocycles. The van der Waals surface area contributed by atoms with E-state index >= 15 is 0 Å². The van der Waals surface area contributed by atoms with Gasteiger partial charge in [0.05, 0.1) is 21.4 Å². The Bertz CT molecular complexity index is 859. The molecular weight excluding hydrogens is 335 g/mol. The Morgan fingerprint density at radius 3 is 2.57 bits per heavy atom. The maximum absolute atomic E-state index is 13.4. The SMILES string of the molecule is CC(Br)c1nc2ccc(F)cc2c(=O)n1-c1ccccc1. The van der Waals surface area contributed by atoms with Crippen LogP contribution in [0.15, 0.2) is 53.3 Å². The molecular formula is C16H12BrFN2O. The van der Waals surface area contributed by atoms with Gasteiger partial charge in [-0.3, -0.25) is 9.36 Å². The second kappa shape index (κ2) is 5.41. The second-order valence-electron chi connectivity index (χ2n) is 4.72. The van der Waals surface area contributed by atoms with E-state index in [4.69, 9.17) is 0 Å². The zero-order valence-corrected chi connectivity index (χ0v) is 12.8. The molecule has 3 rings (SSSR count). The standard InChI is InChI=1S/C16H12BrFN2O/c1-10(17)15-19-14-8-7-11(18)9-13(14)16(21)20(15)12-5-3-2-4-6-12/h2-10H,1H3. The Labute approximate surface area is 129 Å². The molecule has 1 heterocycles. The fourth-order valence-corrected chi connectivity index (χ4v) is 2.58. The van der Waals surface area contributed by atoms with Crippen molar-refractivity contribution in [3.05, 3.63) is 70.5 Å². The predicted molar refractivity (Wildman–Crippen MR) is 84.6 cm³/mol. The molecule has 0 saturated carbocycles. The number of para-hydroxylation sites is 1. The van der Waals surface area contributed by atoms with Gasteiger partial charge in [0.1, 0.15) is 11.6 Å². The van der Waals surface area contributed by atoms with Gasteiger partial charge in [-0.05, 0) is 37.3 Å². The number of rotatable bonds is 2. The third-order valence-electron chi connectivity index (χ3n) is 3.23. The molecule has 1 unspecified atom stereocenters. The first-order valence-electron chi connectivity index (χ1n) is 6.49. The van der Waals surface area contributed by atoms with Crippen molar-refractivity contribution in [3.8, 4) is 5.69 Å². The van der Waals surface area contributed by atoms with Crippen molar-refractivity contribution in [1.82, 2.24) is 9.55 Å². The highest BCUT2D eigenvalue weighted by atomic mass is 79.9. The summed E-state index contributed by atoms with van der Waals surface area (Å²) in [6, 6.07) is 13.3. The van der Waals surface area contributed by atoms with Crippen LogP contribution in [0.1, 0.15) is 17.6 Å². The molecule has 1 aromatic heterocycles. The quantitative estimate of drug-likeness (QED) is 0.658. The average Bonchev–Trinajstić information content (AvgIpc) is 2.48. The number of alkyl halides is 1. The lowest BCUT2D eigenvalue weighted by Gasteiger charge is -2.15. The summed E-state index contributed by atoms with van der Waals surface area (Å²) in [5.74, 6) is 0.144. The molecule has 1 atom stereocenters. The van der Waals surface area contributed by atoms with E-state index in [-0.39, 0.29) is 15.8 Å². The fraction of sp³-hybridized carbons (Fsp3) is 0.125. The molecule has 0 saturated heterocycles. The molecule has 0 radical (unpaired) electrons. The van der Waals surface area contributed by atoms with Crippen LogP contribution >= 0.6 is 15.9 Å². The van der Waals surface area contributed by atoms with Crippen molar-refractivity contribution in [3.63, 3.8) is 0 Å². The molecule has 0 amide bonds. The Kier molecular flexibility index (Phi) is 3.59. The molecule has 5 heteroatoms. The van der Waals surface area contributed by atoms with Crippen molar-refractivity contribution < 1.29 is 4.39 Å². The third-order valence-corrected chi connectivity index (χ3v) is 3.64. The number of aromatic nitrogens is 2. The number of halogens is 2. The first kappa shape index (κ1) is 13.9. The van der Waals surface area contributed by atoms with E-state index in [1.54, 1.807) is 0 Å². The Morgan fingerprint density at radius 2 is 1.90 bits per heavy atom. The number of hydrogen-bond donors (Lipinski definition) is 0. The van der Waals surface area contributed by atoms with Crippen LogP contribution in [0.25, 0.3) is 16.6 Å². The summed E-state index contributed by atoms with van der Waals surface area (Å²) in [4.78, 5) is 17.1. The molecule has 3 nitrogen and oxygen atoms in total. The smallest absolute Gasteiger partial charge is 0.266 e. The normalized spacial score (nSPS) is 12.5. The van der Waals surface area contributed by atoms with Gasteiger partial charge >= 0.3 is 0 Å². The lowest BCUT2D eigenvalue weighted by atomic mass is 10.2. The molecule has 0 fully saturated rings. The first-order chi connectivity index (χ1) is 10.1. The topological polar surface area (TPSA) is 34.9 Å². The first-order valence-corrected chi connectivity index (χ1v) is 7.41. The molecule has 0 bridgehead atoms. The third kappa shape index (κ3) is 2.49. The summed E-state index contributed by atoms with van der Waals surface area (Å²) in [6.45, 7) is 1.90. The maximum Gasteiger partial charge on any atom is 0.266 e. The van der Waals surface area contributed by atoms with Crippen molar-refractivity contribution in [2.24, 2.45) is 0 Å². The van der Waals surface area contributed by atoms with E-state index < -0.39 is 5.82 Å². The zero-order chi connectivity index (χ0) is 15.0. The van der Waals surface area contributed by atoms with E-state index in [1.807, 2.05) is 37.3 Å². The molecule has 106 valence electrons. The van der Waals surface area contributed by atoms with Crippen LogP contribution in [0, 0.1) is 5.82 Å². The van der Waals surface area contributed by atoms with Crippen LogP contribution in [0.2, 0.25) is 0 Å². The minimum Gasteiger partial charge on any atom is -0.268 e. The average molecular weight is 347 g/mol. The van der Waals surface area contributed by atoms with Crippen molar-refractivity contribution in [2.75, 3.05) is 0 Å². The Morgan fingerprint density at radius 1 is 1.19 bits per heavy atom. The lowest BCUT2D eigenvalue weighted by Crippen LogP contribution is -2.24. The van der Waals surface area contributed by atoms with E-state index in [0.29, 0.717) is 17.0 Å². The van der Waals surface area contributed by atoms with Crippen molar-refractivity contribution in [2.45, 2.75) is 11.8 Å². The molecule has 21 heavy (non-hydrogen) atoms. The second-order valence-corrected chi connectivity index (χ2v) is 6.10. The van der Waals surface area contributed by atoms with Gasteiger partial charge in [-0.25, -0.2) is 9.37 Å². The highest BCUT2D eigenvalue weighted by Gasteiger charge is 2.16. The Hall–Kier alpha value is -2.01. The highest BCUT2D eigenvalue weighted by molar-refractivity contribution is 9.09. The zero-order valence-electron chi connectivity index (χ0n) is 11.3. The van der Waals surface area contributed by atoms with Gasteiger partial charge in [-0.15, -0.1) is 0 Å². The van der Waals surface area contributed by atoms with E-state index in [0.717, 1.165) is 0 Å². The van der Waals surface area contributed by atoms with Gasteiger partial charge in [0.25, 0.3) is 5.56 Å². The van der Waals surface area contributed by atoms with Crippen molar-refractivity contribution >= 4 is 26.8 Å². The lowest BCUT2D eigenvalue weighted by molar-refractivity contribution is 0.629. The summed E-state index contributed by atoms with van der Waals surface area (Å²) in [5.41, 5.74) is 0.935. The van der Waals surface area contributed by atoms with E-state index in [2.05, 4.69) is 20.9 Å². The van der Waals surface area contributed by atoms with Crippen LogP contribution in [-0.2, 0) is 0 Å². The van der Waals surface area contributed by atoms with Crippen LogP contribution < -0.4 is 5.56 Å². The molecule has 2 aromatic carbocycles. The van der Waals surface area contributed by atoms with E-state index in [1.165, 1.54) is 22.8 Å². The van der Waals surface area contributed by atoms with Gasteiger partial charge in [0.2, 0.25) is 0 Å². The summed E-state index contributed by atoms with van der Waals surface area (Å²) >= 11 is 3.47. The molecule has 3 aromatic rings. The van der Waals surface area contributed by atoms with E-state index in [9.17, 15) is 9.18 Å². The van der Waals surface area contributed by atoms with Crippen molar-refractivity contribution in [1.29, 1.82) is 0 Å². The molecule has 0 N–H and O–H groups in total. The summed E-state index contributed by atoms with van der Waals surface area (Å²) in [7, 11) is 0. The fourth-order valence-electron chi connectivity index (χ4n) is 2.27. The molecule has 0 spiro atoms. The largest absolute Gasteiger partial charge is 0.268 e. The number of hydrogen-bond acceptors (Lipinski definition) is 2.